The minimum absolute atomic E-state index is 0.247. The van der Waals surface area contributed by atoms with Crippen molar-refractivity contribution >= 4 is 11.4 Å². The lowest BCUT2D eigenvalue weighted by Gasteiger charge is -2.14. The van der Waals surface area contributed by atoms with Crippen LogP contribution in [-0.2, 0) is 20.2 Å². The minimum Gasteiger partial charge on any atom is -0.487 e. The van der Waals surface area contributed by atoms with Gasteiger partial charge in [0.2, 0.25) is 0 Å². The fourth-order valence-corrected chi connectivity index (χ4v) is 2.73. The largest absolute Gasteiger partial charge is 0.573 e. The first-order chi connectivity index (χ1) is 13.7. The van der Waals surface area contributed by atoms with Crippen molar-refractivity contribution in [3.8, 4) is 11.5 Å². The second-order valence-electron chi connectivity index (χ2n) is 6.51. The van der Waals surface area contributed by atoms with Crippen molar-refractivity contribution in [2.45, 2.75) is 26.4 Å². The number of alkyl halides is 3. The van der Waals surface area contributed by atoms with Gasteiger partial charge in [-0.2, -0.15) is 5.10 Å². The maximum Gasteiger partial charge on any atom is 0.573 e. The highest BCUT2D eigenvalue weighted by molar-refractivity contribution is 5.68. The third kappa shape index (κ3) is 5.81. The third-order valence-corrected chi connectivity index (χ3v) is 4.20. The molecule has 0 aliphatic carbocycles. The Hall–Kier alpha value is -3.36. The van der Waals surface area contributed by atoms with Crippen LogP contribution in [0.1, 0.15) is 16.8 Å². The van der Waals surface area contributed by atoms with E-state index in [1.807, 2.05) is 19.3 Å². The van der Waals surface area contributed by atoms with Gasteiger partial charge in [0.1, 0.15) is 18.1 Å². The number of nitrogens with one attached hydrogen (secondary N) is 1. The molecule has 0 spiro atoms. The molecule has 0 unspecified atom stereocenters. The number of nitrogens with zero attached hydrogens (tertiary/aromatic N) is 2. The number of hydrogen-bond acceptors (Lipinski definition) is 5. The van der Waals surface area contributed by atoms with E-state index in [4.69, 9.17) is 10.5 Å². The molecule has 0 saturated carbocycles. The maximum absolute atomic E-state index is 12.3. The van der Waals surface area contributed by atoms with Crippen LogP contribution in [0.15, 0.2) is 48.7 Å². The van der Waals surface area contributed by atoms with Gasteiger partial charge in [-0.25, -0.2) is 0 Å². The lowest BCUT2D eigenvalue weighted by Crippen LogP contribution is -2.17. The van der Waals surface area contributed by atoms with E-state index in [-0.39, 0.29) is 5.75 Å². The zero-order valence-corrected chi connectivity index (χ0v) is 16.0. The summed E-state index contributed by atoms with van der Waals surface area (Å²) in [4.78, 5) is 0. The van der Waals surface area contributed by atoms with E-state index in [0.29, 0.717) is 35.8 Å². The second-order valence-corrected chi connectivity index (χ2v) is 6.51. The zero-order chi connectivity index (χ0) is 21.0. The van der Waals surface area contributed by atoms with Gasteiger partial charge in [0.15, 0.2) is 0 Å². The Balaban J connectivity index is 1.64. The van der Waals surface area contributed by atoms with Gasteiger partial charge in [-0.05, 0) is 48.4 Å². The summed E-state index contributed by atoms with van der Waals surface area (Å²) in [6.07, 6.45) is -2.88. The smallest absolute Gasteiger partial charge is 0.487 e. The number of ether oxygens (including phenoxy) is 2. The first-order valence-corrected chi connectivity index (χ1v) is 8.79. The Morgan fingerprint density at radius 2 is 1.86 bits per heavy atom. The molecule has 154 valence electrons. The monoisotopic (exact) mass is 406 g/mol. The average molecular weight is 406 g/mol. The first kappa shape index (κ1) is 20.4. The summed E-state index contributed by atoms with van der Waals surface area (Å²) in [5, 5.41) is 7.44. The van der Waals surface area contributed by atoms with Crippen LogP contribution < -0.4 is 20.5 Å². The van der Waals surface area contributed by atoms with Crippen LogP contribution >= 0.6 is 0 Å². The van der Waals surface area contributed by atoms with E-state index in [2.05, 4.69) is 15.2 Å². The third-order valence-electron chi connectivity index (χ3n) is 4.20. The van der Waals surface area contributed by atoms with Crippen molar-refractivity contribution in [3.05, 3.63) is 65.5 Å². The lowest BCUT2D eigenvalue weighted by molar-refractivity contribution is -0.274. The standard InChI is InChI=1S/C20H21F3N4O2/c1-13-9-17(29-20(21,22)23)4-3-14(13)11-25-19-10-16(5-6-18(19)24)28-12-15-7-8-27(2)26-15/h3-10,25H,11-12,24H2,1-2H3. The number of aromatic nitrogens is 2. The van der Waals surface area contributed by atoms with Crippen molar-refractivity contribution in [3.63, 3.8) is 0 Å². The molecule has 0 saturated heterocycles. The predicted octanol–water partition coefficient (Wildman–Crippen LogP) is 4.40. The first-order valence-electron chi connectivity index (χ1n) is 8.79. The molecule has 0 aliphatic heterocycles. The molecular formula is C20H21F3N4O2. The molecule has 2 aromatic carbocycles. The molecule has 0 bridgehead atoms. The van der Waals surface area contributed by atoms with Gasteiger partial charge in [0.05, 0.1) is 17.1 Å². The quantitative estimate of drug-likeness (QED) is 0.569. The Morgan fingerprint density at radius 3 is 2.52 bits per heavy atom. The molecule has 0 aliphatic rings. The van der Waals surface area contributed by atoms with Crippen molar-refractivity contribution in [1.82, 2.24) is 9.78 Å². The van der Waals surface area contributed by atoms with Crippen LogP contribution in [0.2, 0.25) is 0 Å². The number of halogens is 3. The normalized spacial score (nSPS) is 11.3. The van der Waals surface area contributed by atoms with Crippen molar-refractivity contribution in [1.29, 1.82) is 0 Å². The number of anilines is 2. The summed E-state index contributed by atoms with van der Waals surface area (Å²) in [7, 11) is 1.83. The Kier molecular flexibility index (Phi) is 5.86. The summed E-state index contributed by atoms with van der Waals surface area (Å²) in [6.45, 7) is 2.42. The van der Waals surface area contributed by atoms with Crippen LogP contribution in [0.25, 0.3) is 0 Å². The minimum atomic E-state index is -4.71. The number of benzene rings is 2. The predicted molar refractivity (Wildman–Crippen MR) is 104 cm³/mol. The van der Waals surface area contributed by atoms with Gasteiger partial charge in [-0.1, -0.05) is 6.07 Å². The highest BCUT2D eigenvalue weighted by Crippen LogP contribution is 2.28. The number of rotatable bonds is 7. The van der Waals surface area contributed by atoms with Gasteiger partial charge in [0.25, 0.3) is 0 Å². The van der Waals surface area contributed by atoms with E-state index in [1.165, 1.54) is 12.1 Å². The van der Waals surface area contributed by atoms with Crippen LogP contribution in [-0.4, -0.2) is 16.1 Å². The molecule has 9 heteroatoms. The van der Waals surface area contributed by atoms with Gasteiger partial charge < -0.3 is 20.5 Å². The molecule has 0 atom stereocenters. The summed E-state index contributed by atoms with van der Waals surface area (Å²) < 4.78 is 48.4. The average Bonchev–Trinajstić information content (AvgIpc) is 3.05. The molecule has 0 amide bonds. The van der Waals surface area contributed by atoms with Gasteiger partial charge in [-0.3, -0.25) is 4.68 Å². The molecule has 3 N–H and O–H groups in total. The number of nitrogen functional groups attached to an aromatic ring is 1. The van der Waals surface area contributed by atoms with E-state index in [9.17, 15) is 13.2 Å². The molecule has 29 heavy (non-hydrogen) atoms. The number of nitrogens with two attached hydrogens (primary N) is 1. The molecule has 3 aromatic rings. The fraction of sp³-hybridized carbons (Fsp3) is 0.250. The molecular weight excluding hydrogens is 385 g/mol. The van der Waals surface area contributed by atoms with E-state index in [0.717, 1.165) is 11.3 Å². The molecule has 1 aromatic heterocycles. The van der Waals surface area contributed by atoms with Crippen molar-refractivity contribution in [2.75, 3.05) is 11.1 Å². The molecule has 0 radical (unpaired) electrons. The molecule has 6 nitrogen and oxygen atoms in total. The lowest BCUT2D eigenvalue weighted by atomic mass is 10.1. The number of aryl methyl sites for hydroxylation is 2. The van der Waals surface area contributed by atoms with Crippen molar-refractivity contribution < 1.29 is 22.6 Å². The molecule has 3 rings (SSSR count). The van der Waals surface area contributed by atoms with Crippen molar-refractivity contribution in [2.24, 2.45) is 7.05 Å². The van der Waals surface area contributed by atoms with E-state index < -0.39 is 6.36 Å². The van der Waals surface area contributed by atoms with E-state index in [1.54, 1.807) is 35.9 Å². The van der Waals surface area contributed by atoms with Crippen LogP contribution in [0.4, 0.5) is 24.5 Å². The fourth-order valence-electron chi connectivity index (χ4n) is 2.73. The SMILES string of the molecule is Cc1cc(OC(F)(F)F)ccc1CNc1cc(OCc2ccn(C)n2)ccc1N. The topological polar surface area (TPSA) is 74.3 Å². The Morgan fingerprint density at radius 1 is 1.10 bits per heavy atom. The summed E-state index contributed by atoms with van der Waals surface area (Å²) in [5.41, 5.74) is 9.50. The summed E-state index contributed by atoms with van der Waals surface area (Å²) in [5.74, 6) is 0.376. The molecule has 1 heterocycles. The van der Waals surface area contributed by atoms with Crippen LogP contribution in [0.5, 0.6) is 11.5 Å². The summed E-state index contributed by atoms with van der Waals surface area (Å²) >= 11 is 0. The maximum atomic E-state index is 12.3. The highest BCUT2D eigenvalue weighted by Gasteiger charge is 2.31. The Labute approximate surface area is 166 Å². The van der Waals surface area contributed by atoms with Gasteiger partial charge in [-0.15, -0.1) is 13.2 Å². The zero-order valence-electron chi connectivity index (χ0n) is 16.0. The van der Waals surface area contributed by atoms with Crippen LogP contribution in [0.3, 0.4) is 0 Å². The van der Waals surface area contributed by atoms with Gasteiger partial charge >= 0.3 is 6.36 Å². The van der Waals surface area contributed by atoms with E-state index >= 15 is 0 Å². The van der Waals surface area contributed by atoms with Gasteiger partial charge in [0, 0.05) is 25.9 Å². The number of hydrogen-bond donors (Lipinski definition) is 2. The molecule has 0 fully saturated rings. The highest BCUT2D eigenvalue weighted by atomic mass is 19.4. The second kappa shape index (κ2) is 8.34. The van der Waals surface area contributed by atoms with Crippen LogP contribution in [0, 0.1) is 6.92 Å². The Bertz CT molecular complexity index is 986. The summed E-state index contributed by atoms with van der Waals surface area (Å²) in [6, 6.07) is 11.3.